The number of nitrogens with two attached hydrogens (primary N) is 1. The van der Waals surface area contributed by atoms with Gasteiger partial charge in [0.05, 0.1) is 11.4 Å². The van der Waals surface area contributed by atoms with E-state index >= 15 is 0 Å². The number of allylic oxidation sites excluding steroid dienone is 1. The number of benzene rings is 1. The summed E-state index contributed by atoms with van der Waals surface area (Å²) in [5, 5.41) is 20.9. The fourth-order valence-electron chi connectivity index (χ4n) is 3.79. The Morgan fingerprint density at radius 3 is 2.72 bits per heavy atom. The van der Waals surface area contributed by atoms with E-state index in [2.05, 4.69) is 39.8 Å². The predicted molar refractivity (Wildman–Crippen MR) is 142 cm³/mol. The number of aliphatic imine (C=N–C) groups is 1. The lowest BCUT2D eigenvalue weighted by atomic mass is 9.97. The van der Waals surface area contributed by atoms with Gasteiger partial charge >= 0.3 is 0 Å². The number of nitriles is 1. The van der Waals surface area contributed by atoms with Gasteiger partial charge in [0.15, 0.2) is 5.96 Å². The number of aryl methyl sites for hydroxylation is 1. The molecule has 0 atom stereocenters. The number of nitrogen functional groups attached to an aromatic ring is 1. The molecule has 7 nitrogen and oxygen atoms in total. The smallest absolute Gasteiger partial charge is 0.191 e. The molecular formula is C24H34IN7. The molecule has 32 heavy (non-hydrogen) atoms. The highest BCUT2D eigenvalue weighted by Crippen LogP contribution is 2.21. The van der Waals surface area contributed by atoms with Crippen LogP contribution in [0.25, 0.3) is 5.69 Å². The lowest BCUT2D eigenvalue weighted by Gasteiger charge is -2.15. The van der Waals surface area contributed by atoms with Gasteiger partial charge in [-0.2, -0.15) is 10.4 Å². The summed E-state index contributed by atoms with van der Waals surface area (Å²) in [6.07, 6.45) is 10.0. The van der Waals surface area contributed by atoms with E-state index in [9.17, 15) is 5.26 Å². The molecule has 1 heterocycles. The largest absolute Gasteiger partial charge is 0.382 e. The predicted octanol–water partition coefficient (Wildman–Crippen LogP) is 4.32. The highest BCUT2D eigenvalue weighted by atomic mass is 127. The molecular weight excluding hydrogens is 513 g/mol. The van der Waals surface area contributed by atoms with Gasteiger partial charge in [0, 0.05) is 19.6 Å². The van der Waals surface area contributed by atoms with Crippen molar-refractivity contribution in [2.24, 2.45) is 4.99 Å². The summed E-state index contributed by atoms with van der Waals surface area (Å²) in [5.74, 6) is 1.23. The molecule has 0 saturated heterocycles. The van der Waals surface area contributed by atoms with Crippen LogP contribution in [0.5, 0.6) is 0 Å². The van der Waals surface area contributed by atoms with Gasteiger partial charge in [-0.1, -0.05) is 29.8 Å². The zero-order valence-electron chi connectivity index (χ0n) is 18.8. The second-order valence-corrected chi connectivity index (χ2v) is 7.72. The van der Waals surface area contributed by atoms with Crippen molar-refractivity contribution in [3.63, 3.8) is 0 Å². The molecule has 2 aromatic rings. The zero-order valence-corrected chi connectivity index (χ0v) is 21.1. The molecule has 0 aliphatic heterocycles. The van der Waals surface area contributed by atoms with Crippen molar-refractivity contribution in [2.75, 3.05) is 25.4 Å². The van der Waals surface area contributed by atoms with Gasteiger partial charge in [-0.05, 0) is 64.0 Å². The summed E-state index contributed by atoms with van der Waals surface area (Å²) < 4.78 is 1.64. The third kappa shape index (κ3) is 7.26. The third-order valence-corrected chi connectivity index (χ3v) is 5.42. The summed E-state index contributed by atoms with van der Waals surface area (Å²) >= 11 is 0. The molecule has 0 amide bonds. The van der Waals surface area contributed by atoms with Crippen LogP contribution in [0.4, 0.5) is 5.82 Å². The molecule has 0 saturated carbocycles. The van der Waals surface area contributed by atoms with Crippen molar-refractivity contribution in [1.29, 1.82) is 5.26 Å². The topological polar surface area (TPSA) is 104 Å². The molecule has 0 radical (unpaired) electrons. The Kier molecular flexibility index (Phi) is 11.1. The monoisotopic (exact) mass is 547 g/mol. The summed E-state index contributed by atoms with van der Waals surface area (Å²) in [6.45, 7) is 4.44. The lowest BCUT2D eigenvalue weighted by Crippen LogP contribution is -2.38. The number of hydrogen-bond donors (Lipinski definition) is 3. The molecule has 1 aromatic heterocycles. The third-order valence-electron chi connectivity index (χ3n) is 5.42. The van der Waals surface area contributed by atoms with Crippen molar-refractivity contribution in [3.05, 3.63) is 53.2 Å². The van der Waals surface area contributed by atoms with Crippen LogP contribution in [0.2, 0.25) is 0 Å². The number of nitrogens with one attached hydrogen (secondary N) is 2. The van der Waals surface area contributed by atoms with Gasteiger partial charge in [0.25, 0.3) is 0 Å². The normalized spacial score (nSPS) is 13.6. The molecule has 0 unspecified atom stereocenters. The first-order chi connectivity index (χ1) is 15.2. The number of rotatable bonds is 9. The Bertz CT molecular complexity index is 941. The number of nitrogens with zero attached hydrogens (tertiary/aromatic N) is 4. The number of guanidine groups is 1. The van der Waals surface area contributed by atoms with Crippen molar-refractivity contribution in [3.8, 4) is 11.8 Å². The Balaban J connectivity index is 0.00000363. The van der Waals surface area contributed by atoms with Crippen molar-refractivity contribution >= 4 is 35.8 Å². The van der Waals surface area contributed by atoms with Gasteiger partial charge in [-0.25, -0.2) is 4.68 Å². The van der Waals surface area contributed by atoms with E-state index in [1.165, 1.54) is 25.7 Å². The molecule has 0 spiro atoms. The van der Waals surface area contributed by atoms with Crippen molar-refractivity contribution in [1.82, 2.24) is 20.4 Å². The molecule has 0 fully saturated rings. The molecule has 1 aliphatic rings. The lowest BCUT2D eigenvalue weighted by molar-refractivity contribution is 0.665. The van der Waals surface area contributed by atoms with Crippen LogP contribution in [-0.2, 0) is 6.42 Å². The quantitative estimate of drug-likeness (QED) is 0.143. The van der Waals surface area contributed by atoms with Crippen LogP contribution in [0.15, 0.2) is 47.0 Å². The van der Waals surface area contributed by atoms with E-state index in [0.29, 0.717) is 24.3 Å². The van der Waals surface area contributed by atoms with Gasteiger partial charge in [-0.15, -0.1) is 24.0 Å². The number of aromatic nitrogens is 2. The fourth-order valence-corrected chi connectivity index (χ4v) is 3.79. The number of halogens is 1. The summed E-state index contributed by atoms with van der Waals surface area (Å²) in [7, 11) is 0. The average molecular weight is 547 g/mol. The average Bonchev–Trinajstić information content (AvgIpc) is 3.13. The minimum atomic E-state index is 0. The highest BCUT2D eigenvalue weighted by Gasteiger charge is 2.16. The number of para-hydroxylation sites is 1. The van der Waals surface area contributed by atoms with Crippen LogP contribution in [0.1, 0.15) is 56.7 Å². The first-order valence-corrected chi connectivity index (χ1v) is 11.3. The minimum Gasteiger partial charge on any atom is -0.382 e. The molecule has 172 valence electrons. The first-order valence-electron chi connectivity index (χ1n) is 11.3. The van der Waals surface area contributed by atoms with E-state index < -0.39 is 0 Å². The summed E-state index contributed by atoms with van der Waals surface area (Å²) in [6, 6.07) is 11.9. The maximum absolute atomic E-state index is 9.54. The number of hydrogen-bond acceptors (Lipinski definition) is 4. The van der Waals surface area contributed by atoms with Gasteiger partial charge < -0.3 is 16.4 Å². The van der Waals surface area contributed by atoms with Crippen molar-refractivity contribution in [2.45, 2.75) is 51.9 Å². The van der Waals surface area contributed by atoms with Crippen LogP contribution in [0, 0.1) is 11.3 Å². The maximum Gasteiger partial charge on any atom is 0.191 e. The highest BCUT2D eigenvalue weighted by molar-refractivity contribution is 14.0. The van der Waals surface area contributed by atoms with E-state index in [-0.39, 0.29) is 24.0 Å². The van der Waals surface area contributed by atoms with E-state index in [1.54, 1.807) is 10.3 Å². The Labute approximate surface area is 208 Å². The maximum atomic E-state index is 9.54. The van der Waals surface area contributed by atoms with Gasteiger partial charge in [0.2, 0.25) is 0 Å². The Morgan fingerprint density at radius 2 is 2.03 bits per heavy atom. The standard InChI is InChI=1S/C24H33N7.HI/c1-2-27-24(29-17-15-19-10-5-3-6-11-19)28-16-9-14-22-21(18-25)23(26)31(30-22)20-12-7-4-8-13-20;/h4,7-8,10,12-13H,2-3,5-6,9,11,14-17,26H2,1H3,(H2,27,28,29);1H. The number of anilines is 1. The summed E-state index contributed by atoms with van der Waals surface area (Å²) in [5.41, 5.74) is 9.78. The second kappa shape index (κ2) is 13.8. The van der Waals surface area contributed by atoms with Crippen LogP contribution >= 0.6 is 24.0 Å². The molecule has 1 aliphatic carbocycles. The SMILES string of the molecule is CCNC(=NCCCc1nn(-c2ccccc2)c(N)c1C#N)NCCC1=CCCCC1.I. The molecule has 3 rings (SSSR count). The van der Waals surface area contributed by atoms with E-state index in [1.807, 2.05) is 30.3 Å². The second-order valence-electron chi connectivity index (χ2n) is 7.72. The molecule has 0 bridgehead atoms. The zero-order chi connectivity index (χ0) is 21.9. The van der Waals surface area contributed by atoms with E-state index in [4.69, 9.17) is 5.73 Å². The Hall–Kier alpha value is -2.54. The van der Waals surface area contributed by atoms with Crippen LogP contribution < -0.4 is 16.4 Å². The molecule has 1 aromatic carbocycles. The van der Waals surface area contributed by atoms with Gasteiger partial charge in [-0.3, -0.25) is 4.99 Å². The van der Waals surface area contributed by atoms with Gasteiger partial charge in [0.1, 0.15) is 17.5 Å². The fraction of sp³-hybridized carbons (Fsp3) is 0.458. The summed E-state index contributed by atoms with van der Waals surface area (Å²) in [4.78, 5) is 4.68. The minimum absolute atomic E-state index is 0. The van der Waals surface area contributed by atoms with Crippen LogP contribution in [-0.4, -0.2) is 35.4 Å². The molecule has 4 N–H and O–H groups in total. The van der Waals surface area contributed by atoms with E-state index in [0.717, 1.165) is 43.3 Å². The Morgan fingerprint density at radius 1 is 1.22 bits per heavy atom. The first kappa shape index (κ1) is 25.7. The van der Waals surface area contributed by atoms with Crippen LogP contribution in [0.3, 0.4) is 0 Å². The molecule has 8 heteroatoms. The van der Waals surface area contributed by atoms with Crippen molar-refractivity contribution < 1.29 is 0 Å².